The van der Waals surface area contributed by atoms with Crippen LogP contribution in [0.25, 0.3) is 0 Å². The monoisotopic (exact) mass is 272 g/mol. The van der Waals surface area contributed by atoms with Crippen LogP contribution >= 0.6 is 11.3 Å². The van der Waals surface area contributed by atoms with Crippen molar-refractivity contribution in [2.75, 3.05) is 7.11 Å². The zero-order valence-electron chi connectivity index (χ0n) is 11.0. The van der Waals surface area contributed by atoms with E-state index in [1.807, 2.05) is 18.2 Å². The molecule has 0 saturated carbocycles. The normalized spacial score (nSPS) is 11.8. The van der Waals surface area contributed by atoms with Gasteiger partial charge in [-0.25, -0.2) is 0 Å². The summed E-state index contributed by atoms with van der Waals surface area (Å²) in [6.07, 6.45) is 0. The lowest BCUT2D eigenvalue weighted by Gasteiger charge is -2.12. The van der Waals surface area contributed by atoms with Gasteiger partial charge in [-0.15, -0.1) is 11.3 Å². The van der Waals surface area contributed by atoms with Gasteiger partial charge in [-0.2, -0.15) is 5.26 Å². The Morgan fingerprint density at radius 3 is 2.89 bits per heavy atom. The molecule has 0 amide bonds. The fourth-order valence-electron chi connectivity index (χ4n) is 1.86. The molecule has 0 aliphatic rings. The highest BCUT2D eigenvalue weighted by molar-refractivity contribution is 7.10. The van der Waals surface area contributed by atoms with Crippen molar-refractivity contribution in [3.05, 3.63) is 51.7 Å². The lowest BCUT2D eigenvalue weighted by molar-refractivity contribution is 0.413. The third-order valence-electron chi connectivity index (χ3n) is 2.97. The van der Waals surface area contributed by atoms with E-state index in [9.17, 15) is 0 Å². The minimum Gasteiger partial charge on any atom is -0.495 e. The van der Waals surface area contributed by atoms with Crippen LogP contribution in [0.3, 0.4) is 0 Å². The van der Waals surface area contributed by atoms with Gasteiger partial charge in [-0.3, -0.25) is 0 Å². The molecule has 1 aromatic heterocycles. The third kappa shape index (κ3) is 3.34. The van der Waals surface area contributed by atoms with Crippen LogP contribution in [0, 0.1) is 11.3 Å². The Morgan fingerprint density at radius 2 is 2.26 bits per heavy atom. The van der Waals surface area contributed by atoms with E-state index in [2.05, 4.69) is 35.8 Å². The Hall–Kier alpha value is -1.83. The topological polar surface area (TPSA) is 45.0 Å². The number of rotatable bonds is 5. The van der Waals surface area contributed by atoms with Crippen LogP contribution in [0.15, 0.2) is 35.7 Å². The first-order valence-electron chi connectivity index (χ1n) is 6.08. The first kappa shape index (κ1) is 13.6. The van der Waals surface area contributed by atoms with Gasteiger partial charge in [0.2, 0.25) is 0 Å². The van der Waals surface area contributed by atoms with E-state index in [1.54, 1.807) is 18.4 Å². The molecule has 3 nitrogen and oxygen atoms in total. The van der Waals surface area contributed by atoms with E-state index in [1.165, 1.54) is 4.88 Å². The van der Waals surface area contributed by atoms with E-state index >= 15 is 0 Å². The molecule has 0 bridgehead atoms. The van der Waals surface area contributed by atoms with Crippen LogP contribution in [0.4, 0.5) is 0 Å². The van der Waals surface area contributed by atoms with E-state index in [4.69, 9.17) is 10.00 Å². The molecular formula is C15H16N2OS. The van der Waals surface area contributed by atoms with Crippen molar-refractivity contribution in [1.29, 1.82) is 5.26 Å². The molecule has 98 valence electrons. The Morgan fingerprint density at radius 1 is 1.42 bits per heavy atom. The van der Waals surface area contributed by atoms with Crippen LogP contribution in [0.5, 0.6) is 5.75 Å². The molecule has 1 aromatic carbocycles. The van der Waals surface area contributed by atoms with Gasteiger partial charge < -0.3 is 10.1 Å². The summed E-state index contributed by atoms with van der Waals surface area (Å²) >= 11 is 1.75. The molecule has 1 unspecified atom stereocenters. The number of hydrogen-bond acceptors (Lipinski definition) is 4. The maximum Gasteiger partial charge on any atom is 0.136 e. The minimum atomic E-state index is 0.313. The van der Waals surface area contributed by atoms with Crippen molar-refractivity contribution in [2.24, 2.45) is 0 Å². The molecule has 0 radical (unpaired) electrons. The SMILES string of the molecule is COc1ccc(CNC(C)c2cccs2)cc1C#N. The number of ether oxygens (including phenoxy) is 1. The zero-order valence-corrected chi connectivity index (χ0v) is 11.8. The summed E-state index contributed by atoms with van der Waals surface area (Å²) in [6.45, 7) is 2.87. The predicted octanol–water partition coefficient (Wildman–Crippen LogP) is 3.48. The quantitative estimate of drug-likeness (QED) is 0.906. The number of thiophene rings is 1. The number of nitriles is 1. The summed E-state index contributed by atoms with van der Waals surface area (Å²) in [6, 6.07) is 12.3. The number of nitrogens with one attached hydrogen (secondary N) is 1. The van der Waals surface area contributed by atoms with Gasteiger partial charge in [0.25, 0.3) is 0 Å². The second-order valence-electron chi connectivity index (χ2n) is 4.26. The van der Waals surface area contributed by atoms with Crippen LogP contribution in [-0.4, -0.2) is 7.11 Å². The van der Waals surface area contributed by atoms with Crippen molar-refractivity contribution in [3.8, 4) is 11.8 Å². The lowest BCUT2D eigenvalue weighted by atomic mass is 10.1. The van der Waals surface area contributed by atoms with Crippen molar-refractivity contribution < 1.29 is 4.74 Å². The summed E-state index contributed by atoms with van der Waals surface area (Å²) in [4.78, 5) is 1.31. The van der Waals surface area contributed by atoms with E-state index in [-0.39, 0.29) is 0 Å². The van der Waals surface area contributed by atoms with Crippen molar-refractivity contribution >= 4 is 11.3 Å². The summed E-state index contributed by atoms with van der Waals surface area (Å²) < 4.78 is 5.13. The van der Waals surface area contributed by atoms with Gasteiger partial charge in [0.15, 0.2) is 0 Å². The van der Waals surface area contributed by atoms with Crippen LogP contribution < -0.4 is 10.1 Å². The van der Waals surface area contributed by atoms with Gasteiger partial charge >= 0.3 is 0 Å². The molecule has 1 heterocycles. The van der Waals surface area contributed by atoms with Crippen LogP contribution in [0.2, 0.25) is 0 Å². The van der Waals surface area contributed by atoms with Gasteiger partial charge in [0, 0.05) is 17.5 Å². The van der Waals surface area contributed by atoms with Gasteiger partial charge in [-0.05, 0) is 36.1 Å². The van der Waals surface area contributed by atoms with E-state index < -0.39 is 0 Å². The second kappa shape index (κ2) is 6.37. The Kier molecular flexibility index (Phi) is 4.56. The van der Waals surface area contributed by atoms with Gasteiger partial charge in [0.1, 0.15) is 11.8 Å². The fraction of sp³-hybridized carbons (Fsp3) is 0.267. The van der Waals surface area contributed by atoms with Crippen molar-refractivity contribution in [1.82, 2.24) is 5.32 Å². The van der Waals surface area contributed by atoms with Crippen molar-refractivity contribution in [3.63, 3.8) is 0 Å². The predicted molar refractivity (Wildman–Crippen MR) is 77.3 cm³/mol. The summed E-state index contributed by atoms with van der Waals surface area (Å²) in [5.41, 5.74) is 1.66. The maximum atomic E-state index is 9.05. The Balaban J connectivity index is 2.02. The average Bonchev–Trinajstić information content (AvgIpc) is 2.98. The molecule has 2 aromatic rings. The Labute approximate surface area is 117 Å². The third-order valence-corrected chi connectivity index (χ3v) is 4.02. The van der Waals surface area contributed by atoms with Gasteiger partial charge in [-0.1, -0.05) is 12.1 Å². The molecular weight excluding hydrogens is 256 g/mol. The highest BCUT2D eigenvalue weighted by atomic mass is 32.1. The van der Waals surface area contributed by atoms with Crippen LogP contribution in [0.1, 0.15) is 29.0 Å². The van der Waals surface area contributed by atoms with E-state index in [0.29, 0.717) is 17.4 Å². The standard InChI is InChI=1S/C15H16N2OS/c1-11(15-4-3-7-19-15)17-10-12-5-6-14(18-2)13(8-12)9-16/h3-8,11,17H,10H2,1-2H3. The molecule has 1 atom stereocenters. The van der Waals surface area contributed by atoms with Crippen molar-refractivity contribution in [2.45, 2.75) is 19.5 Å². The number of hydrogen-bond donors (Lipinski definition) is 1. The summed E-state index contributed by atoms with van der Waals surface area (Å²) in [5.74, 6) is 0.623. The molecule has 0 saturated heterocycles. The number of methoxy groups -OCH3 is 1. The first-order valence-corrected chi connectivity index (χ1v) is 6.96. The molecule has 4 heteroatoms. The highest BCUT2D eigenvalue weighted by Gasteiger charge is 2.07. The second-order valence-corrected chi connectivity index (χ2v) is 5.24. The lowest BCUT2D eigenvalue weighted by Crippen LogP contribution is -2.17. The molecule has 0 fully saturated rings. The maximum absolute atomic E-state index is 9.05. The minimum absolute atomic E-state index is 0.313. The van der Waals surface area contributed by atoms with Crippen LogP contribution in [-0.2, 0) is 6.54 Å². The summed E-state index contributed by atoms with van der Waals surface area (Å²) in [7, 11) is 1.58. The zero-order chi connectivity index (χ0) is 13.7. The Bertz CT molecular complexity index is 572. The molecule has 0 aliphatic heterocycles. The number of nitrogens with zero attached hydrogens (tertiary/aromatic N) is 1. The molecule has 1 N–H and O–H groups in total. The van der Waals surface area contributed by atoms with Gasteiger partial charge in [0.05, 0.1) is 12.7 Å². The largest absolute Gasteiger partial charge is 0.495 e. The highest BCUT2D eigenvalue weighted by Crippen LogP contribution is 2.21. The molecule has 0 aliphatic carbocycles. The fourth-order valence-corrected chi connectivity index (χ4v) is 2.62. The smallest absolute Gasteiger partial charge is 0.136 e. The number of benzene rings is 1. The van der Waals surface area contributed by atoms with E-state index in [0.717, 1.165) is 12.1 Å². The average molecular weight is 272 g/mol. The molecule has 19 heavy (non-hydrogen) atoms. The summed E-state index contributed by atoms with van der Waals surface area (Å²) in [5, 5.41) is 14.6. The molecule has 2 rings (SSSR count). The molecule has 0 spiro atoms. The first-order chi connectivity index (χ1) is 9.24.